The monoisotopic (exact) mass is 479 g/mol. The third-order valence-corrected chi connectivity index (χ3v) is 5.37. The molecule has 0 saturated heterocycles. The van der Waals surface area contributed by atoms with Gasteiger partial charge in [0, 0.05) is 17.8 Å². The average molecular weight is 480 g/mol. The van der Waals surface area contributed by atoms with Gasteiger partial charge in [0.1, 0.15) is 17.7 Å². The van der Waals surface area contributed by atoms with Gasteiger partial charge in [-0.15, -0.1) is 0 Å². The Kier molecular flexibility index (Phi) is 10.7. The van der Waals surface area contributed by atoms with Crippen molar-refractivity contribution >= 4 is 30.5 Å². The molecule has 1 aromatic rings. The summed E-state index contributed by atoms with van der Waals surface area (Å²) in [6.07, 6.45) is -0.0677. The van der Waals surface area contributed by atoms with Crippen molar-refractivity contribution in [3.63, 3.8) is 0 Å². The minimum absolute atomic E-state index is 0.0658. The van der Waals surface area contributed by atoms with Crippen molar-refractivity contribution in [3.05, 3.63) is 34.9 Å². The first-order valence-electron chi connectivity index (χ1n) is 11.5. The molecule has 0 aromatic heterocycles. The van der Waals surface area contributed by atoms with E-state index in [1.807, 2.05) is 59.7 Å². The Hall–Kier alpha value is -2.22. The molecule has 8 heteroatoms. The molecule has 0 radical (unpaired) electrons. The maximum Gasteiger partial charge on any atom is 0.408 e. The van der Waals surface area contributed by atoms with Gasteiger partial charge in [0.25, 0.3) is 0 Å². The van der Waals surface area contributed by atoms with E-state index in [0.717, 1.165) is 16.7 Å². The number of hydrogen-bond donors (Lipinski definition) is 3. The predicted molar refractivity (Wildman–Crippen MR) is 136 cm³/mol. The van der Waals surface area contributed by atoms with Crippen molar-refractivity contribution < 1.29 is 19.1 Å². The van der Waals surface area contributed by atoms with E-state index in [1.165, 1.54) is 0 Å². The number of hydrogen-bond acceptors (Lipinski definition) is 5. The highest BCUT2D eigenvalue weighted by molar-refractivity contribution is 7.80. The van der Waals surface area contributed by atoms with Crippen LogP contribution in [0, 0.1) is 13.8 Å². The lowest BCUT2D eigenvalue weighted by molar-refractivity contribution is -0.144. The van der Waals surface area contributed by atoms with Crippen molar-refractivity contribution in [2.75, 3.05) is 5.75 Å². The molecule has 33 heavy (non-hydrogen) atoms. The van der Waals surface area contributed by atoms with Gasteiger partial charge in [0.05, 0.1) is 0 Å². The summed E-state index contributed by atoms with van der Waals surface area (Å²) in [5.74, 6) is -0.580. The van der Waals surface area contributed by atoms with E-state index in [4.69, 9.17) is 4.74 Å². The standard InChI is InChI=1S/C25H41N3O4S/c1-10-18(6)28(23(30)20(14-33)27-24(31)32-25(7,8)9)21(22(29)26-15(2)3)19-12-16(4)11-17(5)13-19/h11-13,15,18,20-21,33H,10,14H2,1-9H3,(H,26,29)(H,27,31). The number of thiol groups is 1. The fourth-order valence-electron chi connectivity index (χ4n) is 3.58. The highest BCUT2D eigenvalue weighted by atomic mass is 32.1. The number of amides is 3. The summed E-state index contributed by atoms with van der Waals surface area (Å²) in [7, 11) is 0. The van der Waals surface area contributed by atoms with E-state index in [0.29, 0.717) is 6.42 Å². The van der Waals surface area contributed by atoms with E-state index in [2.05, 4.69) is 23.3 Å². The molecular weight excluding hydrogens is 438 g/mol. The Labute approximate surface area is 204 Å². The summed E-state index contributed by atoms with van der Waals surface area (Å²) in [6, 6.07) is 3.73. The molecule has 0 heterocycles. The minimum atomic E-state index is -0.947. The topological polar surface area (TPSA) is 87.7 Å². The fraction of sp³-hybridized carbons (Fsp3) is 0.640. The second-order valence-electron chi connectivity index (χ2n) is 9.87. The van der Waals surface area contributed by atoms with Crippen molar-refractivity contribution in [1.29, 1.82) is 0 Å². The van der Waals surface area contributed by atoms with Gasteiger partial charge in [-0.2, -0.15) is 12.6 Å². The highest BCUT2D eigenvalue weighted by Gasteiger charge is 2.38. The molecule has 0 aliphatic rings. The molecule has 186 valence electrons. The van der Waals surface area contributed by atoms with Crippen LogP contribution in [0.15, 0.2) is 18.2 Å². The number of carbonyl (C=O) groups excluding carboxylic acids is 3. The summed E-state index contributed by atoms with van der Waals surface area (Å²) >= 11 is 4.31. The SMILES string of the molecule is CCC(C)N(C(=O)C(CS)NC(=O)OC(C)(C)C)C(C(=O)NC(C)C)c1cc(C)cc(C)c1. The van der Waals surface area contributed by atoms with Gasteiger partial charge in [-0.05, 0) is 67.4 Å². The summed E-state index contributed by atoms with van der Waals surface area (Å²) in [5.41, 5.74) is 2.03. The Bertz CT molecular complexity index is 815. The minimum Gasteiger partial charge on any atom is -0.444 e. The molecule has 0 saturated carbocycles. The number of nitrogens with zero attached hydrogens (tertiary/aromatic N) is 1. The normalized spacial score (nSPS) is 14.3. The lowest BCUT2D eigenvalue weighted by Gasteiger charge is -2.38. The summed E-state index contributed by atoms with van der Waals surface area (Å²) < 4.78 is 5.33. The molecule has 0 fully saturated rings. The molecule has 0 aliphatic heterocycles. The zero-order valence-corrected chi connectivity index (χ0v) is 22.4. The molecule has 0 spiro atoms. The average Bonchev–Trinajstić information content (AvgIpc) is 2.66. The van der Waals surface area contributed by atoms with Gasteiger partial charge in [-0.25, -0.2) is 4.79 Å². The van der Waals surface area contributed by atoms with Crippen LogP contribution in [0.25, 0.3) is 0 Å². The van der Waals surface area contributed by atoms with Gasteiger partial charge in [0.2, 0.25) is 11.8 Å². The van der Waals surface area contributed by atoms with Crippen LogP contribution in [0.2, 0.25) is 0 Å². The molecule has 3 atom stereocenters. The van der Waals surface area contributed by atoms with E-state index in [9.17, 15) is 14.4 Å². The Morgan fingerprint density at radius 3 is 2.00 bits per heavy atom. The molecule has 2 N–H and O–H groups in total. The second kappa shape index (κ2) is 12.3. The summed E-state index contributed by atoms with van der Waals surface area (Å²) in [4.78, 5) is 41.2. The number of aryl methyl sites for hydroxylation is 2. The fourth-order valence-corrected chi connectivity index (χ4v) is 3.83. The van der Waals surface area contributed by atoms with Crippen LogP contribution in [0.1, 0.15) is 77.6 Å². The lowest BCUT2D eigenvalue weighted by atomic mass is 9.96. The molecule has 1 rings (SSSR count). The van der Waals surface area contributed by atoms with Gasteiger partial charge >= 0.3 is 6.09 Å². The Morgan fingerprint density at radius 1 is 1.03 bits per heavy atom. The predicted octanol–water partition coefficient (Wildman–Crippen LogP) is 4.32. The van der Waals surface area contributed by atoms with Crippen LogP contribution < -0.4 is 10.6 Å². The van der Waals surface area contributed by atoms with Gasteiger partial charge in [0.15, 0.2) is 0 Å². The van der Waals surface area contributed by atoms with Crippen molar-refractivity contribution in [3.8, 4) is 0 Å². The number of alkyl carbamates (subject to hydrolysis) is 1. The number of ether oxygens (including phenoxy) is 1. The third-order valence-electron chi connectivity index (χ3n) is 5.01. The zero-order chi connectivity index (χ0) is 25.5. The first-order valence-corrected chi connectivity index (χ1v) is 12.1. The molecule has 1 aromatic carbocycles. The Balaban J connectivity index is 3.48. The van der Waals surface area contributed by atoms with Crippen LogP contribution in [0.4, 0.5) is 4.79 Å². The maximum atomic E-state index is 13.8. The molecular formula is C25H41N3O4S. The van der Waals surface area contributed by atoms with E-state index in [1.54, 1.807) is 25.7 Å². The maximum absolute atomic E-state index is 13.8. The molecule has 3 unspecified atom stereocenters. The van der Waals surface area contributed by atoms with Crippen LogP contribution in [0.5, 0.6) is 0 Å². The number of rotatable bonds is 9. The van der Waals surface area contributed by atoms with Crippen molar-refractivity contribution in [2.24, 2.45) is 0 Å². The highest BCUT2D eigenvalue weighted by Crippen LogP contribution is 2.28. The van der Waals surface area contributed by atoms with Crippen LogP contribution in [-0.2, 0) is 14.3 Å². The number of benzene rings is 1. The smallest absolute Gasteiger partial charge is 0.408 e. The van der Waals surface area contributed by atoms with Crippen molar-refractivity contribution in [1.82, 2.24) is 15.5 Å². The first kappa shape index (κ1) is 28.8. The molecule has 3 amide bonds. The van der Waals surface area contributed by atoms with E-state index < -0.39 is 23.8 Å². The quantitative estimate of drug-likeness (QED) is 0.460. The van der Waals surface area contributed by atoms with Gasteiger partial charge in [-0.3, -0.25) is 9.59 Å². The van der Waals surface area contributed by atoms with Crippen LogP contribution in [0.3, 0.4) is 0 Å². The van der Waals surface area contributed by atoms with Crippen LogP contribution in [-0.4, -0.2) is 52.3 Å². The first-order chi connectivity index (χ1) is 15.2. The largest absolute Gasteiger partial charge is 0.444 e. The molecule has 7 nitrogen and oxygen atoms in total. The molecule has 0 aliphatic carbocycles. The third kappa shape index (κ3) is 8.91. The summed E-state index contributed by atoms with van der Waals surface area (Å²) in [5, 5.41) is 5.59. The molecule has 0 bridgehead atoms. The lowest BCUT2D eigenvalue weighted by Crippen LogP contribution is -2.56. The van der Waals surface area contributed by atoms with Gasteiger partial charge in [-0.1, -0.05) is 36.2 Å². The summed E-state index contributed by atoms with van der Waals surface area (Å²) in [6.45, 7) is 16.8. The van der Waals surface area contributed by atoms with E-state index >= 15 is 0 Å². The van der Waals surface area contributed by atoms with Crippen molar-refractivity contribution in [2.45, 2.75) is 98.5 Å². The van der Waals surface area contributed by atoms with Gasteiger partial charge < -0.3 is 20.3 Å². The zero-order valence-electron chi connectivity index (χ0n) is 21.5. The second-order valence-corrected chi connectivity index (χ2v) is 10.2. The number of nitrogens with one attached hydrogen (secondary N) is 2. The van der Waals surface area contributed by atoms with E-state index in [-0.39, 0.29) is 29.7 Å². The number of carbonyl (C=O) groups is 3. The Morgan fingerprint density at radius 2 is 1.58 bits per heavy atom. The van der Waals surface area contributed by atoms with Crippen LogP contribution >= 0.6 is 12.6 Å².